The Hall–Kier alpha value is -1.40. The zero-order chi connectivity index (χ0) is 12.6. The molecule has 0 aromatic carbocycles. The molecule has 2 heterocycles. The molecule has 1 aromatic rings. The summed E-state index contributed by atoms with van der Waals surface area (Å²) in [5.74, 6) is -0.974. The summed E-state index contributed by atoms with van der Waals surface area (Å²) in [6, 6.07) is 0.372. The molecular weight excluding hydrogens is 222 g/mol. The maximum Gasteiger partial charge on any atom is 0.354 e. The third kappa shape index (κ3) is 2.05. The third-order valence-corrected chi connectivity index (χ3v) is 3.09. The molecule has 1 aliphatic heterocycles. The number of aliphatic hydroxyl groups is 1. The minimum Gasteiger partial charge on any atom is -0.477 e. The molecule has 0 bridgehead atoms. The minimum absolute atomic E-state index is 0.102. The topological polar surface area (TPSA) is 78.6 Å². The lowest BCUT2D eigenvalue weighted by Gasteiger charge is -2.19. The van der Waals surface area contributed by atoms with Gasteiger partial charge in [0.25, 0.3) is 0 Å². The van der Waals surface area contributed by atoms with Gasteiger partial charge in [-0.2, -0.15) is 5.10 Å². The standard InChI is InChI=1S/C11H17N3O3/c1-7(2)13-5-8-9(6-13)12-14(3-4-15)10(8)11(16)17/h7,15H,3-6H2,1-2H3,(H,16,17). The van der Waals surface area contributed by atoms with Gasteiger partial charge in [0.1, 0.15) is 0 Å². The Kier molecular flexibility index (Phi) is 3.17. The second-order valence-corrected chi connectivity index (χ2v) is 4.52. The predicted molar refractivity (Wildman–Crippen MR) is 60.7 cm³/mol. The lowest BCUT2D eigenvalue weighted by atomic mass is 10.2. The summed E-state index contributed by atoms with van der Waals surface area (Å²) in [5.41, 5.74) is 1.83. The van der Waals surface area contributed by atoms with Gasteiger partial charge in [0.05, 0.1) is 18.8 Å². The molecule has 6 heteroatoms. The maximum atomic E-state index is 11.2. The smallest absolute Gasteiger partial charge is 0.354 e. The first-order valence-corrected chi connectivity index (χ1v) is 5.71. The Balaban J connectivity index is 2.34. The summed E-state index contributed by atoms with van der Waals surface area (Å²) in [4.78, 5) is 13.4. The molecular formula is C11H17N3O3. The van der Waals surface area contributed by atoms with Crippen molar-refractivity contribution in [2.45, 2.75) is 39.5 Å². The van der Waals surface area contributed by atoms with Gasteiger partial charge < -0.3 is 10.2 Å². The highest BCUT2D eigenvalue weighted by Crippen LogP contribution is 2.27. The van der Waals surface area contributed by atoms with Gasteiger partial charge in [0.2, 0.25) is 0 Å². The SMILES string of the molecule is CC(C)N1Cc2nn(CCO)c(C(=O)O)c2C1. The van der Waals surface area contributed by atoms with Gasteiger partial charge in [-0.1, -0.05) is 0 Å². The zero-order valence-electron chi connectivity index (χ0n) is 10.1. The molecule has 2 rings (SSSR count). The molecule has 1 aromatic heterocycles. The maximum absolute atomic E-state index is 11.2. The van der Waals surface area contributed by atoms with Crippen LogP contribution in [-0.2, 0) is 19.6 Å². The summed E-state index contributed by atoms with van der Waals surface area (Å²) in [6.45, 7) is 5.60. The van der Waals surface area contributed by atoms with Crippen molar-refractivity contribution in [2.75, 3.05) is 6.61 Å². The Morgan fingerprint density at radius 1 is 1.47 bits per heavy atom. The number of carbonyl (C=O) groups is 1. The van der Waals surface area contributed by atoms with Crippen molar-refractivity contribution in [1.82, 2.24) is 14.7 Å². The zero-order valence-corrected chi connectivity index (χ0v) is 10.1. The van der Waals surface area contributed by atoms with Crippen LogP contribution in [0, 0.1) is 0 Å². The van der Waals surface area contributed by atoms with Gasteiger partial charge in [0, 0.05) is 24.7 Å². The van der Waals surface area contributed by atoms with Gasteiger partial charge in [-0.25, -0.2) is 4.79 Å². The van der Waals surface area contributed by atoms with Crippen molar-refractivity contribution in [3.63, 3.8) is 0 Å². The Labute approximate surface area is 99.5 Å². The van der Waals surface area contributed by atoms with E-state index in [0.717, 1.165) is 11.3 Å². The molecule has 6 nitrogen and oxygen atoms in total. The fourth-order valence-electron chi connectivity index (χ4n) is 2.15. The number of hydrogen-bond acceptors (Lipinski definition) is 4. The molecule has 1 aliphatic rings. The Morgan fingerprint density at radius 3 is 2.71 bits per heavy atom. The molecule has 0 aliphatic carbocycles. The van der Waals surface area contributed by atoms with Crippen LogP contribution >= 0.6 is 0 Å². The summed E-state index contributed by atoms with van der Waals surface area (Å²) in [5, 5.41) is 22.4. The monoisotopic (exact) mass is 239 g/mol. The fraction of sp³-hybridized carbons (Fsp3) is 0.636. The van der Waals surface area contributed by atoms with Crippen LogP contribution in [0.1, 0.15) is 35.6 Å². The van der Waals surface area contributed by atoms with Crippen molar-refractivity contribution in [1.29, 1.82) is 0 Å². The number of aromatic carboxylic acids is 1. The van der Waals surface area contributed by atoms with E-state index in [9.17, 15) is 9.90 Å². The van der Waals surface area contributed by atoms with Crippen LogP contribution < -0.4 is 0 Å². The summed E-state index contributed by atoms with van der Waals surface area (Å²) < 4.78 is 1.39. The van der Waals surface area contributed by atoms with Crippen LogP contribution in [0.15, 0.2) is 0 Å². The van der Waals surface area contributed by atoms with Crippen molar-refractivity contribution < 1.29 is 15.0 Å². The first-order chi connectivity index (χ1) is 8.04. The number of nitrogens with zero attached hydrogens (tertiary/aromatic N) is 3. The van der Waals surface area contributed by atoms with Gasteiger partial charge in [-0.05, 0) is 13.8 Å². The molecule has 0 saturated carbocycles. The highest BCUT2D eigenvalue weighted by molar-refractivity contribution is 5.88. The Morgan fingerprint density at radius 2 is 2.18 bits per heavy atom. The number of hydrogen-bond donors (Lipinski definition) is 2. The van der Waals surface area contributed by atoms with E-state index in [2.05, 4.69) is 23.8 Å². The molecule has 0 spiro atoms. The lowest BCUT2D eigenvalue weighted by molar-refractivity contribution is 0.0678. The lowest BCUT2D eigenvalue weighted by Crippen LogP contribution is -2.26. The van der Waals surface area contributed by atoms with Crippen molar-refractivity contribution in [3.8, 4) is 0 Å². The van der Waals surface area contributed by atoms with E-state index in [0.29, 0.717) is 19.1 Å². The molecule has 0 unspecified atom stereocenters. The normalized spacial score (nSPS) is 15.5. The van der Waals surface area contributed by atoms with Gasteiger partial charge >= 0.3 is 5.97 Å². The number of carboxylic acids is 1. The third-order valence-electron chi connectivity index (χ3n) is 3.09. The molecule has 0 fully saturated rings. The second kappa shape index (κ2) is 4.46. The molecule has 0 atom stereocenters. The van der Waals surface area contributed by atoms with Crippen LogP contribution in [0.3, 0.4) is 0 Å². The molecule has 94 valence electrons. The quantitative estimate of drug-likeness (QED) is 0.790. The first kappa shape index (κ1) is 12.1. The van der Waals surface area contributed by atoms with E-state index in [-0.39, 0.29) is 18.8 Å². The average molecular weight is 239 g/mol. The largest absolute Gasteiger partial charge is 0.477 e. The summed E-state index contributed by atoms with van der Waals surface area (Å²) in [6.07, 6.45) is 0. The summed E-state index contributed by atoms with van der Waals surface area (Å²) >= 11 is 0. The van der Waals surface area contributed by atoms with Crippen molar-refractivity contribution in [2.24, 2.45) is 0 Å². The number of rotatable bonds is 4. The van der Waals surface area contributed by atoms with Crippen molar-refractivity contribution >= 4 is 5.97 Å². The number of aromatic nitrogens is 2. The van der Waals surface area contributed by atoms with Crippen LogP contribution in [-0.4, -0.2) is 43.5 Å². The van der Waals surface area contributed by atoms with Crippen LogP contribution in [0.4, 0.5) is 0 Å². The number of fused-ring (bicyclic) bond motifs is 1. The summed E-state index contributed by atoms with van der Waals surface area (Å²) in [7, 11) is 0. The van der Waals surface area contributed by atoms with E-state index in [1.807, 2.05) is 0 Å². The Bertz CT molecular complexity index is 439. The highest BCUT2D eigenvalue weighted by atomic mass is 16.4. The fourth-order valence-corrected chi connectivity index (χ4v) is 2.15. The molecule has 17 heavy (non-hydrogen) atoms. The van der Waals surface area contributed by atoms with Crippen molar-refractivity contribution in [3.05, 3.63) is 17.0 Å². The van der Waals surface area contributed by atoms with E-state index < -0.39 is 5.97 Å². The molecule has 0 amide bonds. The van der Waals surface area contributed by atoms with E-state index in [1.54, 1.807) is 0 Å². The number of aliphatic hydroxyl groups excluding tert-OH is 1. The minimum atomic E-state index is -0.974. The van der Waals surface area contributed by atoms with Crippen LogP contribution in [0.5, 0.6) is 0 Å². The van der Waals surface area contributed by atoms with Gasteiger partial charge in [-0.3, -0.25) is 9.58 Å². The van der Waals surface area contributed by atoms with E-state index >= 15 is 0 Å². The molecule has 0 radical (unpaired) electrons. The first-order valence-electron chi connectivity index (χ1n) is 5.71. The highest BCUT2D eigenvalue weighted by Gasteiger charge is 2.31. The average Bonchev–Trinajstić information content (AvgIpc) is 2.73. The van der Waals surface area contributed by atoms with Crippen LogP contribution in [0.2, 0.25) is 0 Å². The van der Waals surface area contributed by atoms with Gasteiger partial charge in [0.15, 0.2) is 5.69 Å². The molecule has 0 saturated heterocycles. The van der Waals surface area contributed by atoms with Gasteiger partial charge in [-0.15, -0.1) is 0 Å². The van der Waals surface area contributed by atoms with Crippen LogP contribution in [0.25, 0.3) is 0 Å². The molecule has 2 N–H and O–H groups in total. The van der Waals surface area contributed by atoms with E-state index in [4.69, 9.17) is 5.11 Å². The number of carboxylic acid groups (broad SMARTS) is 1. The predicted octanol–water partition coefficient (Wildman–Crippen LogP) is 0.298. The second-order valence-electron chi connectivity index (χ2n) is 4.52. The van der Waals surface area contributed by atoms with E-state index in [1.165, 1.54) is 4.68 Å².